The van der Waals surface area contributed by atoms with Crippen molar-refractivity contribution in [3.8, 4) is 10.6 Å². The van der Waals surface area contributed by atoms with Crippen LogP contribution in [0.1, 0.15) is 9.67 Å². The van der Waals surface area contributed by atoms with Crippen molar-refractivity contribution in [3.63, 3.8) is 0 Å². The van der Waals surface area contributed by atoms with Crippen LogP contribution in [0.3, 0.4) is 0 Å². The van der Waals surface area contributed by atoms with Gasteiger partial charge < -0.3 is 5.11 Å². The van der Waals surface area contributed by atoms with Crippen molar-refractivity contribution < 1.29 is 9.90 Å². The van der Waals surface area contributed by atoms with E-state index in [0.29, 0.717) is 10.6 Å². The zero-order valence-electron chi connectivity index (χ0n) is 6.73. The number of thiophene rings is 1. The van der Waals surface area contributed by atoms with E-state index in [4.69, 9.17) is 5.11 Å². The third-order valence-electron chi connectivity index (χ3n) is 1.56. The lowest BCUT2D eigenvalue weighted by atomic mass is 10.3. The summed E-state index contributed by atoms with van der Waals surface area (Å²) in [5, 5.41) is 10.8. The standard InChI is InChI=1S/C8H4BrNO2S2/c9-4-1-5(13-2-4)6-7(8(11)12)14-3-10-6/h1-3H,(H,11,12). The molecule has 0 radical (unpaired) electrons. The Hall–Kier alpha value is -0.720. The molecule has 0 fully saturated rings. The number of carboxylic acids is 1. The van der Waals surface area contributed by atoms with Crippen LogP contribution in [0, 0.1) is 0 Å². The number of hydrogen-bond acceptors (Lipinski definition) is 4. The minimum Gasteiger partial charge on any atom is -0.477 e. The van der Waals surface area contributed by atoms with Gasteiger partial charge in [-0.3, -0.25) is 0 Å². The molecule has 0 spiro atoms. The zero-order chi connectivity index (χ0) is 10.1. The second kappa shape index (κ2) is 3.80. The molecule has 0 unspecified atom stereocenters. The first-order chi connectivity index (χ1) is 6.68. The van der Waals surface area contributed by atoms with Crippen LogP contribution in [0.25, 0.3) is 10.6 Å². The molecule has 2 aromatic rings. The van der Waals surface area contributed by atoms with Crippen molar-refractivity contribution in [1.82, 2.24) is 4.98 Å². The molecule has 2 aromatic heterocycles. The van der Waals surface area contributed by atoms with Crippen LogP contribution in [0.15, 0.2) is 21.4 Å². The number of aromatic carboxylic acids is 1. The maximum absolute atomic E-state index is 10.8. The quantitative estimate of drug-likeness (QED) is 0.923. The van der Waals surface area contributed by atoms with Crippen LogP contribution in [-0.2, 0) is 0 Å². The maximum atomic E-state index is 10.8. The van der Waals surface area contributed by atoms with Crippen molar-refractivity contribution in [2.24, 2.45) is 0 Å². The largest absolute Gasteiger partial charge is 0.477 e. The van der Waals surface area contributed by atoms with Gasteiger partial charge in [-0.25, -0.2) is 9.78 Å². The number of carboxylic acid groups (broad SMARTS) is 1. The highest BCUT2D eigenvalue weighted by Gasteiger charge is 2.16. The fourth-order valence-electron chi connectivity index (χ4n) is 1.01. The van der Waals surface area contributed by atoms with Crippen molar-refractivity contribution >= 4 is 44.6 Å². The normalized spacial score (nSPS) is 10.4. The van der Waals surface area contributed by atoms with E-state index in [9.17, 15) is 4.79 Å². The predicted molar refractivity (Wildman–Crippen MR) is 60.1 cm³/mol. The second-order valence-corrected chi connectivity index (χ2v) is 5.15. The molecule has 14 heavy (non-hydrogen) atoms. The number of rotatable bonds is 2. The van der Waals surface area contributed by atoms with Crippen LogP contribution >= 0.6 is 38.6 Å². The summed E-state index contributed by atoms with van der Waals surface area (Å²) in [7, 11) is 0. The number of hydrogen-bond donors (Lipinski definition) is 1. The molecule has 1 N–H and O–H groups in total. The van der Waals surface area contributed by atoms with Crippen LogP contribution < -0.4 is 0 Å². The van der Waals surface area contributed by atoms with E-state index in [1.165, 1.54) is 11.3 Å². The molecule has 6 heteroatoms. The fraction of sp³-hybridized carbons (Fsp3) is 0. The van der Waals surface area contributed by atoms with Gasteiger partial charge in [0.15, 0.2) is 0 Å². The number of aromatic nitrogens is 1. The molecule has 0 saturated carbocycles. The number of carbonyl (C=O) groups is 1. The SMILES string of the molecule is O=C(O)c1scnc1-c1cc(Br)cs1. The van der Waals surface area contributed by atoms with Gasteiger partial charge in [0.25, 0.3) is 0 Å². The topological polar surface area (TPSA) is 50.2 Å². The average molecular weight is 290 g/mol. The van der Waals surface area contributed by atoms with Crippen LogP contribution in [-0.4, -0.2) is 16.1 Å². The molecule has 0 atom stereocenters. The van der Waals surface area contributed by atoms with Gasteiger partial charge in [0.1, 0.15) is 10.6 Å². The number of thiazole rings is 1. The highest BCUT2D eigenvalue weighted by Crippen LogP contribution is 2.32. The Kier molecular flexibility index (Phi) is 2.66. The van der Waals surface area contributed by atoms with Gasteiger partial charge in [0.2, 0.25) is 0 Å². The summed E-state index contributed by atoms with van der Waals surface area (Å²) in [5.41, 5.74) is 2.10. The first-order valence-corrected chi connectivity index (χ1v) is 6.15. The van der Waals surface area contributed by atoms with E-state index in [-0.39, 0.29) is 0 Å². The van der Waals surface area contributed by atoms with Gasteiger partial charge in [0.05, 0.1) is 10.4 Å². The van der Waals surface area contributed by atoms with Gasteiger partial charge in [0, 0.05) is 9.85 Å². The number of halogens is 1. The summed E-state index contributed by atoms with van der Waals surface area (Å²) in [6, 6.07) is 1.87. The maximum Gasteiger partial charge on any atom is 0.348 e. The summed E-state index contributed by atoms with van der Waals surface area (Å²) < 4.78 is 0.946. The Morgan fingerprint density at radius 3 is 2.86 bits per heavy atom. The zero-order valence-corrected chi connectivity index (χ0v) is 9.95. The first-order valence-electron chi connectivity index (χ1n) is 3.59. The lowest BCUT2D eigenvalue weighted by Crippen LogP contribution is -1.94. The molecule has 72 valence electrons. The Bertz CT molecular complexity index is 477. The summed E-state index contributed by atoms with van der Waals surface area (Å²) in [5.74, 6) is -0.924. The molecular weight excluding hydrogens is 286 g/mol. The first kappa shape index (κ1) is 9.82. The van der Waals surface area contributed by atoms with E-state index in [1.807, 2.05) is 11.4 Å². The van der Waals surface area contributed by atoms with Crippen molar-refractivity contribution in [2.75, 3.05) is 0 Å². The molecule has 0 aliphatic carbocycles. The second-order valence-electron chi connectivity index (χ2n) is 2.46. The third-order valence-corrected chi connectivity index (χ3v) is 4.07. The van der Waals surface area contributed by atoms with Crippen LogP contribution in [0.5, 0.6) is 0 Å². The fourth-order valence-corrected chi connectivity index (χ4v) is 3.14. The summed E-state index contributed by atoms with van der Waals surface area (Å²) in [6.45, 7) is 0. The van der Waals surface area contributed by atoms with Gasteiger partial charge in [-0.05, 0) is 22.0 Å². The molecule has 3 nitrogen and oxygen atoms in total. The van der Waals surface area contributed by atoms with Crippen LogP contribution in [0.2, 0.25) is 0 Å². The molecule has 0 bridgehead atoms. The summed E-state index contributed by atoms with van der Waals surface area (Å²) in [4.78, 5) is 16.0. The van der Waals surface area contributed by atoms with Gasteiger partial charge in [-0.1, -0.05) is 0 Å². The Morgan fingerprint density at radius 2 is 2.29 bits per heavy atom. The molecule has 0 aliphatic rings. The van der Waals surface area contributed by atoms with E-state index in [0.717, 1.165) is 20.7 Å². The molecule has 0 aromatic carbocycles. The molecule has 0 saturated heterocycles. The minimum absolute atomic E-state index is 0.291. The molecular formula is C8H4BrNO2S2. The van der Waals surface area contributed by atoms with Gasteiger partial charge in [-0.2, -0.15) is 0 Å². The smallest absolute Gasteiger partial charge is 0.348 e. The van der Waals surface area contributed by atoms with E-state index in [1.54, 1.807) is 5.51 Å². The highest BCUT2D eigenvalue weighted by molar-refractivity contribution is 9.10. The van der Waals surface area contributed by atoms with Crippen LogP contribution in [0.4, 0.5) is 0 Å². The Labute approximate surface area is 96.2 Å². The average Bonchev–Trinajstić information content (AvgIpc) is 2.70. The lowest BCUT2D eigenvalue weighted by Gasteiger charge is -1.92. The highest BCUT2D eigenvalue weighted by atomic mass is 79.9. The predicted octanol–water partition coefficient (Wildman–Crippen LogP) is 3.33. The van der Waals surface area contributed by atoms with Crippen molar-refractivity contribution in [1.29, 1.82) is 0 Å². The van der Waals surface area contributed by atoms with Crippen molar-refractivity contribution in [2.45, 2.75) is 0 Å². The Morgan fingerprint density at radius 1 is 1.50 bits per heavy atom. The number of nitrogens with zero attached hydrogens (tertiary/aromatic N) is 1. The molecule has 0 aliphatic heterocycles. The summed E-state index contributed by atoms with van der Waals surface area (Å²) in [6.07, 6.45) is 0. The Balaban J connectivity index is 2.51. The summed E-state index contributed by atoms with van der Waals surface area (Å²) >= 11 is 5.93. The monoisotopic (exact) mass is 289 g/mol. The van der Waals surface area contributed by atoms with Gasteiger partial charge in [-0.15, -0.1) is 22.7 Å². The minimum atomic E-state index is -0.924. The molecule has 2 rings (SSSR count). The van der Waals surface area contributed by atoms with Gasteiger partial charge >= 0.3 is 5.97 Å². The molecule has 0 amide bonds. The van der Waals surface area contributed by atoms with Crippen molar-refractivity contribution in [3.05, 3.63) is 26.3 Å². The van der Waals surface area contributed by atoms with E-state index in [2.05, 4.69) is 20.9 Å². The third kappa shape index (κ3) is 1.73. The van der Waals surface area contributed by atoms with E-state index >= 15 is 0 Å². The van der Waals surface area contributed by atoms with E-state index < -0.39 is 5.97 Å². The molecule has 2 heterocycles. The lowest BCUT2D eigenvalue weighted by molar-refractivity contribution is 0.0703.